The third-order valence-electron chi connectivity index (χ3n) is 4.85. The summed E-state index contributed by atoms with van der Waals surface area (Å²) >= 11 is 0. The number of nitro groups is 1. The Balaban J connectivity index is 1.67. The SMILES string of the molecule is Cc1ccc(S(=O)(=O)NNC(=O)/C=C/c2cc(C)n(C3CC3)c2C)cc1[N+](=O)[O-]. The van der Waals surface area contributed by atoms with Gasteiger partial charge >= 0.3 is 0 Å². The lowest BCUT2D eigenvalue weighted by Gasteiger charge is -2.08. The molecule has 0 radical (unpaired) electrons. The first-order valence-electron chi connectivity index (χ1n) is 9.03. The Kier molecular flexibility index (Phi) is 5.58. The molecule has 2 N–H and O–H groups in total. The van der Waals surface area contributed by atoms with E-state index in [1.165, 1.54) is 25.1 Å². The van der Waals surface area contributed by atoms with Crippen LogP contribution >= 0.6 is 0 Å². The van der Waals surface area contributed by atoms with Crippen LogP contribution in [0.25, 0.3) is 6.08 Å². The third kappa shape index (κ3) is 4.54. The maximum atomic E-state index is 12.3. The van der Waals surface area contributed by atoms with Crippen LogP contribution in [0, 0.1) is 30.9 Å². The minimum Gasteiger partial charge on any atom is -0.346 e. The van der Waals surface area contributed by atoms with Crippen LogP contribution in [0.15, 0.2) is 35.2 Å². The molecule has 2 aromatic rings. The van der Waals surface area contributed by atoms with Gasteiger partial charge in [0.1, 0.15) is 0 Å². The molecule has 10 heteroatoms. The van der Waals surface area contributed by atoms with Crippen LogP contribution in [0.4, 0.5) is 5.69 Å². The van der Waals surface area contributed by atoms with Gasteiger partial charge in [0.15, 0.2) is 0 Å². The Labute approximate surface area is 168 Å². The van der Waals surface area contributed by atoms with Crippen molar-refractivity contribution in [2.45, 2.75) is 44.6 Å². The molecule has 0 unspecified atom stereocenters. The zero-order chi connectivity index (χ0) is 21.3. The number of nitrogens with zero attached hydrogens (tertiary/aromatic N) is 2. The molecule has 1 aromatic heterocycles. The summed E-state index contributed by atoms with van der Waals surface area (Å²) < 4.78 is 26.9. The fourth-order valence-corrected chi connectivity index (χ4v) is 4.07. The lowest BCUT2D eigenvalue weighted by molar-refractivity contribution is -0.385. The number of sulfonamides is 1. The van der Waals surface area contributed by atoms with Gasteiger partial charge in [-0.25, -0.2) is 8.42 Å². The monoisotopic (exact) mass is 418 g/mol. The van der Waals surface area contributed by atoms with Crippen molar-refractivity contribution in [3.63, 3.8) is 0 Å². The predicted octanol–water partition coefficient (Wildman–Crippen LogP) is 2.68. The van der Waals surface area contributed by atoms with Crippen LogP contribution in [0.5, 0.6) is 0 Å². The van der Waals surface area contributed by atoms with E-state index in [4.69, 9.17) is 0 Å². The number of nitro benzene ring substituents is 1. The second kappa shape index (κ2) is 7.80. The molecule has 0 atom stereocenters. The van der Waals surface area contributed by atoms with Gasteiger partial charge < -0.3 is 4.57 Å². The average molecular weight is 418 g/mol. The van der Waals surface area contributed by atoms with Crippen molar-refractivity contribution in [1.82, 2.24) is 14.8 Å². The average Bonchev–Trinajstić information content (AvgIpc) is 3.44. The van der Waals surface area contributed by atoms with Gasteiger partial charge in [-0.15, -0.1) is 4.83 Å². The van der Waals surface area contributed by atoms with E-state index in [1.807, 2.05) is 24.7 Å². The number of carbonyl (C=O) groups excluding carboxylic acids is 1. The number of aryl methyl sites for hydroxylation is 2. The summed E-state index contributed by atoms with van der Waals surface area (Å²) in [5.74, 6) is -0.661. The number of hydrazine groups is 1. The summed E-state index contributed by atoms with van der Waals surface area (Å²) in [5, 5.41) is 11.0. The van der Waals surface area contributed by atoms with Crippen molar-refractivity contribution in [2.24, 2.45) is 0 Å². The molecule has 1 fully saturated rings. The maximum Gasteiger partial charge on any atom is 0.273 e. The number of nitrogens with one attached hydrogen (secondary N) is 2. The van der Waals surface area contributed by atoms with Crippen molar-refractivity contribution < 1.29 is 18.1 Å². The second-order valence-corrected chi connectivity index (χ2v) is 8.74. The van der Waals surface area contributed by atoms with Crippen molar-refractivity contribution in [3.05, 3.63) is 63.0 Å². The van der Waals surface area contributed by atoms with E-state index in [0.29, 0.717) is 11.6 Å². The van der Waals surface area contributed by atoms with Gasteiger partial charge in [0.25, 0.3) is 21.6 Å². The minimum absolute atomic E-state index is 0.313. The van der Waals surface area contributed by atoms with E-state index in [9.17, 15) is 23.3 Å². The van der Waals surface area contributed by atoms with Gasteiger partial charge in [0.05, 0.1) is 9.82 Å². The van der Waals surface area contributed by atoms with Crippen molar-refractivity contribution >= 4 is 27.7 Å². The number of carbonyl (C=O) groups is 1. The third-order valence-corrected chi connectivity index (χ3v) is 6.09. The lowest BCUT2D eigenvalue weighted by Crippen LogP contribution is -2.40. The number of hydrogen-bond donors (Lipinski definition) is 2. The lowest BCUT2D eigenvalue weighted by atomic mass is 10.2. The van der Waals surface area contributed by atoms with Crippen LogP contribution in [-0.4, -0.2) is 23.8 Å². The standard InChI is InChI=1S/C19H22N4O5S/c1-12-4-8-17(11-18(12)23(25)26)29(27,28)21-20-19(24)9-5-15-10-13(2)22(14(15)3)16-6-7-16/h4-5,8-11,16,21H,6-7H2,1-3H3,(H,20,24)/b9-5+. The van der Waals surface area contributed by atoms with E-state index < -0.39 is 20.9 Å². The van der Waals surface area contributed by atoms with E-state index >= 15 is 0 Å². The fourth-order valence-electron chi connectivity index (χ4n) is 3.20. The molecule has 9 nitrogen and oxygen atoms in total. The van der Waals surface area contributed by atoms with E-state index in [0.717, 1.165) is 35.9 Å². The summed E-state index contributed by atoms with van der Waals surface area (Å²) in [5.41, 5.74) is 5.18. The topological polar surface area (TPSA) is 123 Å². The summed E-state index contributed by atoms with van der Waals surface area (Å²) in [6.45, 7) is 5.50. The van der Waals surface area contributed by atoms with E-state index in [2.05, 4.69) is 9.99 Å². The Morgan fingerprint density at radius 1 is 1.24 bits per heavy atom. The molecular weight excluding hydrogens is 396 g/mol. The zero-order valence-corrected chi connectivity index (χ0v) is 17.1. The van der Waals surface area contributed by atoms with Crippen molar-refractivity contribution in [1.29, 1.82) is 0 Å². The summed E-state index contributed by atoms with van der Waals surface area (Å²) in [6.07, 6.45) is 5.17. The first-order chi connectivity index (χ1) is 13.6. The van der Waals surface area contributed by atoms with Crippen LogP contribution < -0.4 is 10.3 Å². The predicted molar refractivity (Wildman–Crippen MR) is 108 cm³/mol. The van der Waals surface area contributed by atoms with E-state index in [-0.39, 0.29) is 10.6 Å². The Hall–Kier alpha value is -2.98. The van der Waals surface area contributed by atoms with Crippen LogP contribution in [-0.2, 0) is 14.8 Å². The normalized spacial score (nSPS) is 14.3. The number of amides is 1. The van der Waals surface area contributed by atoms with Gasteiger partial charge in [0, 0.05) is 35.1 Å². The number of aromatic nitrogens is 1. The first-order valence-corrected chi connectivity index (χ1v) is 10.5. The summed E-state index contributed by atoms with van der Waals surface area (Å²) in [6, 6.07) is 6.03. The number of benzene rings is 1. The van der Waals surface area contributed by atoms with Crippen molar-refractivity contribution in [3.8, 4) is 0 Å². The Morgan fingerprint density at radius 3 is 2.55 bits per heavy atom. The zero-order valence-electron chi connectivity index (χ0n) is 16.3. The van der Waals surface area contributed by atoms with Gasteiger partial charge in [0.2, 0.25) is 0 Å². The maximum absolute atomic E-state index is 12.3. The molecule has 29 heavy (non-hydrogen) atoms. The molecular formula is C19H22N4O5S. The molecule has 0 spiro atoms. The number of hydrogen-bond acceptors (Lipinski definition) is 5. The molecule has 154 valence electrons. The van der Waals surface area contributed by atoms with E-state index in [1.54, 1.807) is 6.08 Å². The summed E-state index contributed by atoms with van der Waals surface area (Å²) in [4.78, 5) is 24.0. The molecule has 1 amide bonds. The van der Waals surface area contributed by atoms with Crippen molar-refractivity contribution in [2.75, 3.05) is 0 Å². The summed E-state index contributed by atoms with van der Waals surface area (Å²) in [7, 11) is -4.15. The van der Waals surface area contributed by atoms with Crippen LogP contribution in [0.1, 0.15) is 41.4 Å². The molecule has 1 heterocycles. The highest BCUT2D eigenvalue weighted by molar-refractivity contribution is 7.89. The molecule has 0 aliphatic heterocycles. The Morgan fingerprint density at radius 2 is 1.93 bits per heavy atom. The quantitative estimate of drug-likeness (QED) is 0.406. The largest absolute Gasteiger partial charge is 0.346 e. The van der Waals surface area contributed by atoms with Gasteiger partial charge in [-0.3, -0.25) is 20.3 Å². The van der Waals surface area contributed by atoms with Crippen LogP contribution in [0.3, 0.4) is 0 Å². The molecule has 1 saturated carbocycles. The highest BCUT2D eigenvalue weighted by atomic mass is 32.2. The highest BCUT2D eigenvalue weighted by Crippen LogP contribution is 2.38. The fraction of sp³-hybridized carbons (Fsp3) is 0.316. The first kappa shape index (κ1) is 20.7. The van der Waals surface area contributed by atoms with Gasteiger partial charge in [-0.05, 0) is 57.4 Å². The Bertz CT molecular complexity index is 1110. The van der Waals surface area contributed by atoms with Gasteiger partial charge in [-0.2, -0.15) is 0 Å². The molecule has 1 aliphatic rings. The molecule has 0 bridgehead atoms. The van der Waals surface area contributed by atoms with Gasteiger partial charge in [-0.1, -0.05) is 6.07 Å². The molecule has 1 aromatic carbocycles. The second-order valence-electron chi connectivity index (χ2n) is 7.06. The highest BCUT2D eigenvalue weighted by Gasteiger charge is 2.26. The minimum atomic E-state index is -4.15. The molecule has 0 saturated heterocycles. The van der Waals surface area contributed by atoms with Crippen LogP contribution in [0.2, 0.25) is 0 Å². The molecule has 3 rings (SSSR count). The smallest absolute Gasteiger partial charge is 0.273 e. The molecule has 1 aliphatic carbocycles. The number of rotatable bonds is 7.